The molecule has 2 heterocycles. The van der Waals surface area contributed by atoms with Crippen molar-refractivity contribution in [3.8, 4) is 0 Å². The van der Waals surface area contributed by atoms with Gasteiger partial charge in [0.15, 0.2) is 0 Å². The number of aromatic nitrogens is 3. The maximum absolute atomic E-state index is 4.17. The second-order valence-electron chi connectivity index (χ2n) is 5.37. The summed E-state index contributed by atoms with van der Waals surface area (Å²) in [6.45, 7) is 8.83. The SMILES string of the molecule is CCNC(C)C1CCCN(Cc2cn(C)nn2)C1. The number of hydrogen-bond donors (Lipinski definition) is 1. The summed E-state index contributed by atoms with van der Waals surface area (Å²) in [6, 6.07) is 0.611. The zero-order chi connectivity index (χ0) is 13.0. The molecule has 5 heteroatoms. The highest BCUT2D eigenvalue weighted by molar-refractivity contribution is 4.93. The molecule has 1 saturated heterocycles. The van der Waals surface area contributed by atoms with Crippen molar-refractivity contribution in [3.63, 3.8) is 0 Å². The van der Waals surface area contributed by atoms with E-state index < -0.39 is 0 Å². The number of piperidine rings is 1. The van der Waals surface area contributed by atoms with E-state index in [0.717, 1.165) is 24.7 Å². The number of rotatable bonds is 5. The lowest BCUT2D eigenvalue weighted by atomic mass is 9.91. The van der Waals surface area contributed by atoms with Crippen molar-refractivity contribution in [2.24, 2.45) is 13.0 Å². The average Bonchev–Trinajstić information content (AvgIpc) is 2.75. The van der Waals surface area contributed by atoms with Crippen molar-refractivity contribution >= 4 is 0 Å². The maximum Gasteiger partial charge on any atom is 0.0967 e. The van der Waals surface area contributed by atoms with Crippen LogP contribution in [0.25, 0.3) is 0 Å². The minimum absolute atomic E-state index is 0.611. The van der Waals surface area contributed by atoms with Gasteiger partial charge in [-0.1, -0.05) is 12.1 Å². The van der Waals surface area contributed by atoms with Gasteiger partial charge in [0, 0.05) is 32.4 Å². The second kappa shape index (κ2) is 6.29. The molecule has 0 aromatic carbocycles. The molecule has 1 aromatic rings. The first-order valence-electron chi connectivity index (χ1n) is 7.00. The molecular formula is C13H25N5. The topological polar surface area (TPSA) is 46.0 Å². The molecule has 18 heavy (non-hydrogen) atoms. The molecule has 0 amide bonds. The summed E-state index contributed by atoms with van der Waals surface area (Å²) < 4.78 is 1.78. The Bertz CT molecular complexity index is 362. The van der Waals surface area contributed by atoms with E-state index in [0.29, 0.717) is 6.04 Å². The summed E-state index contributed by atoms with van der Waals surface area (Å²) in [5, 5.41) is 11.7. The molecule has 1 aliphatic rings. The summed E-state index contributed by atoms with van der Waals surface area (Å²) in [6.07, 6.45) is 4.64. The van der Waals surface area contributed by atoms with E-state index in [1.807, 2.05) is 13.2 Å². The van der Waals surface area contributed by atoms with Crippen LogP contribution in [0.5, 0.6) is 0 Å². The molecule has 2 atom stereocenters. The van der Waals surface area contributed by atoms with Gasteiger partial charge in [0.1, 0.15) is 0 Å². The molecule has 0 bridgehead atoms. The predicted octanol–water partition coefficient (Wildman–Crippen LogP) is 1.03. The Hall–Kier alpha value is -0.940. The van der Waals surface area contributed by atoms with Gasteiger partial charge in [-0.3, -0.25) is 9.58 Å². The first-order valence-corrected chi connectivity index (χ1v) is 7.00. The Morgan fingerprint density at radius 1 is 1.56 bits per heavy atom. The van der Waals surface area contributed by atoms with Crippen molar-refractivity contribution in [2.45, 2.75) is 39.3 Å². The van der Waals surface area contributed by atoms with E-state index in [9.17, 15) is 0 Å². The van der Waals surface area contributed by atoms with Crippen LogP contribution >= 0.6 is 0 Å². The van der Waals surface area contributed by atoms with Crippen LogP contribution in [0.2, 0.25) is 0 Å². The largest absolute Gasteiger partial charge is 0.314 e. The van der Waals surface area contributed by atoms with Crippen LogP contribution in [0, 0.1) is 5.92 Å². The number of hydrogen-bond acceptors (Lipinski definition) is 4. The molecule has 102 valence electrons. The highest BCUT2D eigenvalue weighted by Crippen LogP contribution is 2.20. The number of likely N-dealkylation sites (tertiary alicyclic amines) is 1. The molecule has 5 nitrogen and oxygen atoms in total. The highest BCUT2D eigenvalue weighted by atomic mass is 15.4. The van der Waals surface area contributed by atoms with Crippen LogP contribution in [0.4, 0.5) is 0 Å². The summed E-state index contributed by atoms with van der Waals surface area (Å²) >= 11 is 0. The van der Waals surface area contributed by atoms with Gasteiger partial charge in [-0.2, -0.15) is 0 Å². The molecule has 0 spiro atoms. The molecule has 2 unspecified atom stereocenters. The zero-order valence-electron chi connectivity index (χ0n) is 11.8. The maximum atomic E-state index is 4.17. The van der Waals surface area contributed by atoms with Gasteiger partial charge in [0.2, 0.25) is 0 Å². The third-order valence-corrected chi connectivity index (χ3v) is 3.81. The normalized spacial score (nSPS) is 23.2. The van der Waals surface area contributed by atoms with Gasteiger partial charge < -0.3 is 5.32 Å². The molecule has 2 rings (SSSR count). The number of nitrogens with zero attached hydrogens (tertiary/aromatic N) is 4. The van der Waals surface area contributed by atoms with Crippen molar-refractivity contribution in [3.05, 3.63) is 11.9 Å². The lowest BCUT2D eigenvalue weighted by molar-refractivity contribution is 0.144. The van der Waals surface area contributed by atoms with Crippen molar-refractivity contribution in [1.29, 1.82) is 0 Å². The van der Waals surface area contributed by atoms with Crippen molar-refractivity contribution < 1.29 is 0 Å². The van der Waals surface area contributed by atoms with E-state index in [2.05, 4.69) is 34.4 Å². The minimum Gasteiger partial charge on any atom is -0.314 e. The minimum atomic E-state index is 0.611. The van der Waals surface area contributed by atoms with Crippen molar-refractivity contribution in [2.75, 3.05) is 19.6 Å². The van der Waals surface area contributed by atoms with Crippen LogP contribution in [0.15, 0.2) is 6.20 Å². The van der Waals surface area contributed by atoms with Crippen LogP contribution in [-0.4, -0.2) is 45.6 Å². The fraction of sp³-hybridized carbons (Fsp3) is 0.846. The summed E-state index contributed by atoms with van der Waals surface area (Å²) in [7, 11) is 1.92. The lowest BCUT2D eigenvalue weighted by Gasteiger charge is -2.35. The van der Waals surface area contributed by atoms with E-state index >= 15 is 0 Å². The molecule has 0 aliphatic carbocycles. The van der Waals surface area contributed by atoms with Gasteiger partial charge in [0.25, 0.3) is 0 Å². The summed E-state index contributed by atoms with van der Waals surface area (Å²) in [4.78, 5) is 2.51. The van der Waals surface area contributed by atoms with Crippen LogP contribution in [0.1, 0.15) is 32.4 Å². The van der Waals surface area contributed by atoms with Crippen molar-refractivity contribution in [1.82, 2.24) is 25.2 Å². The van der Waals surface area contributed by atoms with E-state index in [1.54, 1.807) is 4.68 Å². The molecule has 0 radical (unpaired) electrons. The Labute approximate surface area is 110 Å². The summed E-state index contributed by atoms with van der Waals surface area (Å²) in [5.41, 5.74) is 1.08. The molecule has 1 fully saturated rings. The molecule has 1 aromatic heterocycles. The number of nitrogens with one attached hydrogen (secondary N) is 1. The van der Waals surface area contributed by atoms with Crippen LogP contribution in [0.3, 0.4) is 0 Å². The summed E-state index contributed by atoms with van der Waals surface area (Å²) in [5.74, 6) is 0.760. The van der Waals surface area contributed by atoms with E-state index in [-0.39, 0.29) is 0 Å². The fourth-order valence-electron chi connectivity index (χ4n) is 2.83. The Kier molecular flexibility index (Phi) is 4.72. The molecular weight excluding hydrogens is 226 g/mol. The highest BCUT2D eigenvalue weighted by Gasteiger charge is 2.24. The lowest BCUT2D eigenvalue weighted by Crippen LogP contribution is -2.44. The Balaban J connectivity index is 1.86. The van der Waals surface area contributed by atoms with Crippen LogP contribution < -0.4 is 5.32 Å². The van der Waals surface area contributed by atoms with Gasteiger partial charge >= 0.3 is 0 Å². The molecule has 1 N–H and O–H groups in total. The Morgan fingerprint density at radius 2 is 2.39 bits per heavy atom. The number of aryl methyl sites for hydroxylation is 1. The smallest absolute Gasteiger partial charge is 0.0967 e. The molecule has 1 aliphatic heterocycles. The van der Waals surface area contributed by atoms with E-state index in [1.165, 1.54) is 25.9 Å². The standard InChI is InChI=1S/C13H25N5/c1-4-14-11(2)12-6-5-7-18(8-12)10-13-9-17(3)16-15-13/h9,11-12,14H,4-8,10H2,1-3H3. The molecule has 0 saturated carbocycles. The van der Waals surface area contributed by atoms with Crippen LogP contribution in [-0.2, 0) is 13.6 Å². The monoisotopic (exact) mass is 251 g/mol. The second-order valence-corrected chi connectivity index (χ2v) is 5.37. The van der Waals surface area contributed by atoms with Gasteiger partial charge in [-0.25, -0.2) is 0 Å². The zero-order valence-corrected chi connectivity index (χ0v) is 11.8. The first kappa shape index (κ1) is 13.5. The first-order chi connectivity index (χ1) is 8.69. The fourth-order valence-corrected chi connectivity index (χ4v) is 2.83. The Morgan fingerprint density at radius 3 is 3.06 bits per heavy atom. The quantitative estimate of drug-likeness (QED) is 0.849. The van der Waals surface area contributed by atoms with Gasteiger partial charge in [0.05, 0.1) is 5.69 Å². The third-order valence-electron chi connectivity index (χ3n) is 3.81. The van der Waals surface area contributed by atoms with Gasteiger partial charge in [-0.05, 0) is 38.8 Å². The predicted molar refractivity (Wildman–Crippen MR) is 72.1 cm³/mol. The third kappa shape index (κ3) is 3.53. The van der Waals surface area contributed by atoms with Gasteiger partial charge in [-0.15, -0.1) is 5.10 Å². The average molecular weight is 251 g/mol. The van der Waals surface area contributed by atoms with E-state index in [4.69, 9.17) is 0 Å².